The molecule has 5 heteroatoms. The van der Waals surface area contributed by atoms with Crippen LogP contribution in [0, 0.1) is 6.92 Å². The molecule has 0 unspecified atom stereocenters. The van der Waals surface area contributed by atoms with Gasteiger partial charge in [0, 0.05) is 11.5 Å². The molecule has 0 radical (unpaired) electrons. The normalized spacial score (nSPS) is 10.5. The molecule has 2 rings (SSSR count). The predicted molar refractivity (Wildman–Crippen MR) is 61.7 cm³/mol. The molecule has 17 heavy (non-hydrogen) atoms. The second-order valence-electron chi connectivity index (χ2n) is 3.70. The number of methoxy groups -OCH3 is 1. The van der Waals surface area contributed by atoms with Gasteiger partial charge in [0.1, 0.15) is 17.0 Å². The Kier molecular flexibility index (Phi) is 2.59. The van der Waals surface area contributed by atoms with E-state index in [1.54, 1.807) is 12.1 Å². The zero-order chi connectivity index (χ0) is 12.6. The van der Waals surface area contributed by atoms with Crippen LogP contribution in [-0.2, 0) is 0 Å². The zero-order valence-corrected chi connectivity index (χ0v) is 9.39. The first-order valence-corrected chi connectivity index (χ1v) is 4.94. The summed E-state index contributed by atoms with van der Waals surface area (Å²) in [6.45, 7) is 1.85. The third-order valence-corrected chi connectivity index (χ3v) is 2.44. The minimum absolute atomic E-state index is 0.116. The Hall–Kier alpha value is -2.30. The summed E-state index contributed by atoms with van der Waals surface area (Å²) in [6.07, 6.45) is 0. The number of aryl methyl sites for hydroxylation is 1. The SMILES string of the molecule is COc1cc(C)cc2c(O)cc(C(=O)O)nc12. The highest BCUT2D eigenvalue weighted by molar-refractivity contribution is 5.95. The highest BCUT2D eigenvalue weighted by atomic mass is 16.5. The summed E-state index contributed by atoms with van der Waals surface area (Å²) in [5, 5.41) is 19.1. The molecule has 0 atom stereocenters. The van der Waals surface area contributed by atoms with E-state index in [-0.39, 0.29) is 11.4 Å². The lowest BCUT2D eigenvalue weighted by molar-refractivity contribution is 0.0690. The monoisotopic (exact) mass is 233 g/mol. The maximum Gasteiger partial charge on any atom is 0.354 e. The molecule has 0 saturated heterocycles. The molecule has 5 nitrogen and oxygen atoms in total. The summed E-state index contributed by atoms with van der Waals surface area (Å²) >= 11 is 0. The van der Waals surface area contributed by atoms with Gasteiger partial charge in [-0.25, -0.2) is 9.78 Å². The fourth-order valence-electron chi connectivity index (χ4n) is 1.68. The summed E-state index contributed by atoms with van der Waals surface area (Å²) in [5.41, 5.74) is 1.03. The molecule has 1 aromatic carbocycles. The number of ether oxygens (including phenoxy) is 1. The van der Waals surface area contributed by atoms with Crippen molar-refractivity contribution in [3.05, 3.63) is 29.5 Å². The second kappa shape index (κ2) is 3.93. The van der Waals surface area contributed by atoms with Crippen LogP contribution in [0.5, 0.6) is 11.5 Å². The van der Waals surface area contributed by atoms with Crippen molar-refractivity contribution in [2.24, 2.45) is 0 Å². The molecular formula is C12H11NO4. The highest BCUT2D eigenvalue weighted by Crippen LogP contribution is 2.32. The van der Waals surface area contributed by atoms with E-state index in [9.17, 15) is 9.90 Å². The lowest BCUT2D eigenvalue weighted by atomic mass is 10.1. The topological polar surface area (TPSA) is 79.7 Å². The number of hydrogen-bond donors (Lipinski definition) is 2. The number of benzene rings is 1. The van der Waals surface area contributed by atoms with Crippen molar-refractivity contribution in [3.63, 3.8) is 0 Å². The lowest BCUT2D eigenvalue weighted by Gasteiger charge is -2.08. The standard InChI is InChI=1S/C12H11NO4/c1-6-3-7-9(14)5-8(12(15)16)13-11(7)10(4-6)17-2/h3-5H,1-2H3,(H,13,14)(H,15,16). The molecule has 2 aromatic rings. The van der Waals surface area contributed by atoms with Crippen LogP contribution in [0.3, 0.4) is 0 Å². The number of carboxylic acids is 1. The van der Waals surface area contributed by atoms with E-state index in [1.807, 2.05) is 6.92 Å². The fraction of sp³-hybridized carbons (Fsp3) is 0.167. The Labute approximate surface area is 97.3 Å². The summed E-state index contributed by atoms with van der Waals surface area (Å²) < 4.78 is 5.13. The summed E-state index contributed by atoms with van der Waals surface area (Å²) in [5.74, 6) is -0.863. The van der Waals surface area contributed by atoms with Gasteiger partial charge in [0.05, 0.1) is 7.11 Å². The maximum absolute atomic E-state index is 10.8. The summed E-state index contributed by atoms with van der Waals surface area (Å²) in [6, 6.07) is 4.59. The van der Waals surface area contributed by atoms with Crippen LogP contribution in [0.4, 0.5) is 0 Å². The minimum Gasteiger partial charge on any atom is -0.507 e. The molecule has 0 aliphatic carbocycles. The number of pyridine rings is 1. The summed E-state index contributed by atoms with van der Waals surface area (Å²) in [7, 11) is 1.47. The average Bonchev–Trinajstić information content (AvgIpc) is 2.28. The molecule has 1 aromatic heterocycles. The summed E-state index contributed by atoms with van der Waals surface area (Å²) in [4.78, 5) is 14.8. The molecular weight excluding hydrogens is 222 g/mol. The van der Waals surface area contributed by atoms with Crippen LogP contribution in [0.1, 0.15) is 16.1 Å². The second-order valence-corrected chi connectivity index (χ2v) is 3.70. The molecule has 88 valence electrons. The molecule has 0 fully saturated rings. The van der Waals surface area contributed by atoms with E-state index in [2.05, 4.69) is 4.98 Å². The lowest BCUT2D eigenvalue weighted by Crippen LogP contribution is -2.01. The number of hydrogen-bond acceptors (Lipinski definition) is 4. The molecule has 0 amide bonds. The van der Waals surface area contributed by atoms with Gasteiger partial charge in [-0.15, -0.1) is 0 Å². The smallest absolute Gasteiger partial charge is 0.354 e. The van der Waals surface area contributed by atoms with Crippen LogP contribution in [0.15, 0.2) is 18.2 Å². The van der Waals surface area contributed by atoms with Crippen LogP contribution in [-0.4, -0.2) is 28.3 Å². The third kappa shape index (κ3) is 1.87. The number of fused-ring (bicyclic) bond motifs is 1. The number of rotatable bonds is 2. The van der Waals surface area contributed by atoms with Gasteiger partial charge in [-0.3, -0.25) is 0 Å². The van der Waals surface area contributed by atoms with E-state index in [4.69, 9.17) is 9.84 Å². The average molecular weight is 233 g/mol. The van der Waals surface area contributed by atoms with Gasteiger partial charge in [-0.1, -0.05) is 0 Å². The molecule has 0 saturated carbocycles. The maximum atomic E-state index is 10.8. The van der Waals surface area contributed by atoms with E-state index in [1.165, 1.54) is 7.11 Å². The zero-order valence-electron chi connectivity index (χ0n) is 9.39. The number of aromatic carboxylic acids is 1. The molecule has 0 aliphatic rings. The number of aromatic hydroxyl groups is 1. The first-order chi connectivity index (χ1) is 8.02. The molecule has 0 aliphatic heterocycles. The molecule has 0 spiro atoms. The van der Waals surface area contributed by atoms with Gasteiger partial charge in [-0.2, -0.15) is 0 Å². The van der Waals surface area contributed by atoms with E-state index >= 15 is 0 Å². The quantitative estimate of drug-likeness (QED) is 0.828. The molecule has 1 heterocycles. The van der Waals surface area contributed by atoms with Crippen LogP contribution >= 0.6 is 0 Å². The van der Waals surface area contributed by atoms with Crippen molar-refractivity contribution in [3.8, 4) is 11.5 Å². The van der Waals surface area contributed by atoms with Gasteiger partial charge >= 0.3 is 5.97 Å². The predicted octanol–water partition coefficient (Wildman–Crippen LogP) is 1.96. The minimum atomic E-state index is -1.19. The Bertz CT molecular complexity index is 607. The van der Waals surface area contributed by atoms with Crippen molar-refractivity contribution < 1.29 is 19.7 Å². The van der Waals surface area contributed by atoms with Crippen molar-refractivity contribution in [2.45, 2.75) is 6.92 Å². The Morgan fingerprint density at radius 3 is 2.65 bits per heavy atom. The van der Waals surface area contributed by atoms with E-state index in [0.29, 0.717) is 16.7 Å². The first-order valence-electron chi connectivity index (χ1n) is 4.94. The van der Waals surface area contributed by atoms with Crippen molar-refractivity contribution in [1.29, 1.82) is 0 Å². The van der Waals surface area contributed by atoms with Crippen LogP contribution < -0.4 is 4.74 Å². The van der Waals surface area contributed by atoms with Crippen LogP contribution in [0.25, 0.3) is 10.9 Å². The Morgan fingerprint density at radius 1 is 1.35 bits per heavy atom. The molecule has 0 bridgehead atoms. The van der Waals surface area contributed by atoms with Crippen molar-refractivity contribution in [1.82, 2.24) is 4.98 Å². The van der Waals surface area contributed by atoms with Gasteiger partial charge in [0.2, 0.25) is 0 Å². The number of nitrogens with zero attached hydrogens (tertiary/aromatic N) is 1. The fourth-order valence-corrected chi connectivity index (χ4v) is 1.68. The number of carboxylic acid groups (broad SMARTS) is 1. The van der Waals surface area contributed by atoms with E-state index in [0.717, 1.165) is 11.6 Å². The first kappa shape index (κ1) is 11.2. The number of carbonyl (C=O) groups is 1. The van der Waals surface area contributed by atoms with Crippen molar-refractivity contribution in [2.75, 3.05) is 7.11 Å². The van der Waals surface area contributed by atoms with Crippen LogP contribution in [0.2, 0.25) is 0 Å². The Balaban J connectivity index is 2.86. The van der Waals surface area contributed by atoms with E-state index < -0.39 is 5.97 Å². The van der Waals surface area contributed by atoms with Crippen molar-refractivity contribution >= 4 is 16.9 Å². The highest BCUT2D eigenvalue weighted by Gasteiger charge is 2.13. The largest absolute Gasteiger partial charge is 0.507 e. The van der Waals surface area contributed by atoms with Gasteiger partial charge in [0.15, 0.2) is 5.69 Å². The van der Waals surface area contributed by atoms with Gasteiger partial charge in [-0.05, 0) is 24.6 Å². The molecule has 2 N–H and O–H groups in total. The third-order valence-electron chi connectivity index (χ3n) is 2.44. The Morgan fingerprint density at radius 2 is 2.06 bits per heavy atom. The van der Waals surface area contributed by atoms with Gasteiger partial charge in [0.25, 0.3) is 0 Å². The number of aromatic nitrogens is 1. The van der Waals surface area contributed by atoms with Gasteiger partial charge < -0.3 is 14.9 Å².